The third-order valence-corrected chi connectivity index (χ3v) is 4.07. The van der Waals surface area contributed by atoms with Crippen LogP contribution in [0.5, 0.6) is 0 Å². The largest absolute Gasteiger partial charge is 0.351 e. The van der Waals surface area contributed by atoms with Crippen molar-refractivity contribution in [2.24, 2.45) is 0 Å². The summed E-state index contributed by atoms with van der Waals surface area (Å²) in [5, 5.41) is 9.90. The number of benzene rings is 1. The van der Waals surface area contributed by atoms with E-state index in [0.717, 1.165) is 30.5 Å². The van der Waals surface area contributed by atoms with Crippen molar-refractivity contribution in [3.8, 4) is 0 Å². The maximum Gasteiger partial charge on any atom is 0.227 e. The maximum atomic E-state index is 12.4. The molecule has 1 amide bonds. The number of aryl methyl sites for hydroxylation is 2. The SMILES string of the molecule is Cc1[nH]ncc1CNC(=O)C1CCCc2ccccc21. The summed E-state index contributed by atoms with van der Waals surface area (Å²) in [5.74, 6) is 0.116. The smallest absolute Gasteiger partial charge is 0.227 e. The van der Waals surface area contributed by atoms with Crippen molar-refractivity contribution in [1.29, 1.82) is 0 Å². The zero-order chi connectivity index (χ0) is 13.9. The first-order valence-electron chi connectivity index (χ1n) is 7.10. The van der Waals surface area contributed by atoms with Crippen LogP contribution in [0.3, 0.4) is 0 Å². The van der Waals surface area contributed by atoms with E-state index in [1.807, 2.05) is 19.1 Å². The molecule has 2 N–H and O–H groups in total. The van der Waals surface area contributed by atoms with Crippen LogP contribution in [0.25, 0.3) is 0 Å². The van der Waals surface area contributed by atoms with Crippen molar-refractivity contribution in [3.63, 3.8) is 0 Å². The summed E-state index contributed by atoms with van der Waals surface area (Å²) in [6.45, 7) is 2.50. The molecule has 1 aliphatic carbocycles. The molecule has 1 aromatic carbocycles. The molecule has 1 unspecified atom stereocenters. The predicted molar refractivity (Wildman–Crippen MR) is 77.3 cm³/mol. The summed E-state index contributed by atoms with van der Waals surface area (Å²) in [6.07, 6.45) is 4.87. The number of H-pyrrole nitrogens is 1. The standard InChI is InChI=1S/C16H19N3O/c1-11-13(10-18-19-11)9-17-16(20)15-8-4-6-12-5-2-3-7-14(12)15/h2-3,5,7,10,15H,4,6,8-9H2,1H3,(H,17,20)(H,18,19). The number of carbonyl (C=O) groups excluding carboxylic acids is 1. The van der Waals surface area contributed by atoms with E-state index in [0.29, 0.717) is 6.54 Å². The molecule has 0 saturated heterocycles. The van der Waals surface area contributed by atoms with E-state index in [1.54, 1.807) is 6.20 Å². The number of carbonyl (C=O) groups is 1. The molecule has 1 aliphatic rings. The normalized spacial score (nSPS) is 17.6. The molecule has 0 bridgehead atoms. The highest BCUT2D eigenvalue weighted by Gasteiger charge is 2.25. The number of amides is 1. The fourth-order valence-electron chi connectivity index (χ4n) is 2.89. The third-order valence-electron chi connectivity index (χ3n) is 4.07. The second kappa shape index (κ2) is 5.49. The van der Waals surface area contributed by atoms with E-state index in [4.69, 9.17) is 0 Å². The summed E-state index contributed by atoms with van der Waals surface area (Å²) < 4.78 is 0. The van der Waals surface area contributed by atoms with Gasteiger partial charge in [-0.1, -0.05) is 24.3 Å². The first-order chi connectivity index (χ1) is 9.75. The Morgan fingerprint density at radius 3 is 3.10 bits per heavy atom. The van der Waals surface area contributed by atoms with Gasteiger partial charge in [0.05, 0.1) is 12.1 Å². The van der Waals surface area contributed by atoms with Gasteiger partial charge < -0.3 is 5.32 Å². The molecular formula is C16H19N3O. The van der Waals surface area contributed by atoms with E-state index in [1.165, 1.54) is 11.1 Å². The van der Waals surface area contributed by atoms with E-state index >= 15 is 0 Å². The van der Waals surface area contributed by atoms with Gasteiger partial charge in [-0.05, 0) is 37.3 Å². The Balaban J connectivity index is 1.71. The zero-order valence-electron chi connectivity index (χ0n) is 11.6. The lowest BCUT2D eigenvalue weighted by atomic mass is 9.82. The third kappa shape index (κ3) is 2.46. The van der Waals surface area contributed by atoms with Crippen LogP contribution in [-0.4, -0.2) is 16.1 Å². The lowest BCUT2D eigenvalue weighted by Gasteiger charge is -2.24. The average molecular weight is 269 g/mol. The molecular weight excluding hydrogens is 250 g/mol. The fraction of sp³-hybridized carbons (Fsp3) is 0.375. The van der Waals surface area contributed by atoms with Gasteiger partial charge in [0, 0.05) is 17.8 Å². The molecule has 0 spiro atoms. The minimum absolute atomic E-state index is 0.00726. The Labute approximate surface area is 118 Å². The summed E-state index contributed by atoms with van der Waals surface area (Å²) in [5.41, 5.74) is 4.57. The van der Waals surface area contributed by atoms with Crippen LogP contribution in [0, 0.1) is 6.92 Å². The first kappa shape index (κ1) is 12.9. The zero-order valence-corrected chi connectivity index (χ0v) is 11.6. The summed E-state index contributed by atoms with van der Waals surface area (Å²) in [6, 6.07) is 8.29. The van der Waals surface area contributed by atoms with Crippen molar-refractivity contribution < 1.29 is 4.79 Å². The molecule has 4 nitrogen and oxygen atoms in total. The summed E-state index contributed by atoms with van der Waals surface area (Å²) in [4.78, 5) is 12.4. The molecule has 20 heavy (non-hydrogen) atoms. The highest BCUT2D eigenvalue weighted by molar-refractivity contribution is 5.84. The maximum absolute atomic E-state index is 12.4. The molecule has 0 saturated carbocycles. The van der Waals surface area contributed by atoms with Crippen molar-refractivity contribution in [2.75, 3.05) is 0 Å². The van der Waals surface area contributed by atoms with Gasteiger partial charge in [0.1, 0.15) is 0 Å². The minimum atomic E-state index is -0.00726. The van der Waals surface area contributed by atoms with Gasteiger partial charge in [-0.3, -0.25) is 9.89 Å². The Morgan fingerprint density at radius 1 is 1.45 bits per heavy atom. The van der Waals surface area contributed by atoms with Gasteiger partial charge in [-0.15, -0.1) is 0 Å². The number of hydrogen-bond acceptors (Lipinski definition) is 2. The van der Waals surface area contributed by atoms with Crippen LogP contribution in [0.2, 0.25) is 0 Å². The van der Waals surface area contributed by atoms with Crippen molar-refractivity contribution >= 4 is 5.91 Å². The number of aromatic nitrogens is 2. The predicted octanol–water partition coefficient (Wildman–Crippen LogP) is 2.45. The van der Waals surface area contributed by atoms with Crippen LogP contribution in [0.1, 0.15) is 41.1 Å². The molecule has 0 radical (unpaired) electrons. The van der Waals surface area contributed by atoms with E-state index < -0.39 is 0 Å². The Kier molecular flexibility index (Phi) is 3.54. The molecule has 0 aliphatic heterocycles. The van der Waals surface area contributed by atoms with Gasteiger partial charge in [0.15, 0.2) is 0 Å². The lowest BCUT2D eigenvalue weighted by molar-refractivity contribution is -0.123. The van der Waals surface area contributed by atoms with Crippen LogP contribution < -0.4 is 5.32 Å². The molecule has 3 rings (SSSR count). The Bertz CT molecular complexity index is 618. The van der Waals surface area contributed by atoms with E-state index in [-0.39, 0.29) is 11.8 Å². The van der Waals surface area contributed by atoms with Crippen LogP contribution in [0.4, 0.5) is 0 Å². The molecule has 1 aromatic heterocycles. The molecule has 1 atom stereocenters. The van der Waals surface area contributed by atoms with Crippen LogP contribution >= 0.6 is 0 Å². The van der Waals surface area contributed by atoms with Crippen LogP contribution in [0.15, 0.2) is 30.5 Å². The van der Waals surface area contributed by atoms with E-state index in [2.05, 4.69) is 27.6 Å². The lowest BCUT2D eigenvalue weighted by Crippen LogP contribution is -2.31. The molecule has 0 fully saturated rings. The Morgan fingerprint density at radius 2 is 2.30 bits per heavy atom. The first-order valence-corrected chi connectivity index (χ1v) is 7.10. The number of aromatic amines is 1. The van der Waals surface area contributed by atoms with Gasteiger partial charge in [0.2, 0.25) is 5.91 Å². The number of rotatable bonds is 3. The topological polar surface area (TPSA) is 57.8 Å². The summed E-state index contributed by atoms with van der Waals surface area (Å²) in [7, 11) is 0. The number of fused-ring (bicyclic) bond motifs is 1. The van der Waals surface area contributed by atoms with Gasteiger partial charge >= 0.3 is 0 Å². The number of hydrogen-bond donors (Lipinski definition) is 2. The highest BCUT2D eigenvalue weighted by Crippen LogP contribution is 2.31. The number of nitrogens with one attached hydrogen (secondary N) is 2. The van der Waals surface area contributed by atoms with E-state index in [9.17, 15) is 4.79 Å². The van der Waals surface area contributed by atoms with Crippen molar-refractivity contribution in [2.45, 2.75) is 38.6 Å². The van der Waals surface area contributed by atoms with Crippen LogP contribution in [-0.2, 0) is 17.8 Å². The number of nitrogens with zero attached hydrogens (tertiary/aromatic N) is 1. The molecule has 104 valence electrons. The fourth-order valence-corrected chi connectivity index (χ4v) is 2.89. The van der Waals surface area contributed by atoms with Crippen molar-refractivity contribution in [3.05, 3.63) is 52.8 Å². The van der Waals surface area contributed by atoms with Gasteiger partial charge in [-0.25, -0.2) is 0 Å². The molecule has 1 heterocycles. The summed E-state index contributed by atoms with van der Waals surface area (Å²) >= 11 is 0. The van der Waals surface area contributed by atoms with Gasteiger partial charge in [0.25, 0.3) is 0 Å². The minimum Gasteiger partial charge on any atom is -0.351 e. The Hall–Kier alpha value is -2.10. The van der Waals surface area contributed by atoms with Gasteiger partial charge in [-0.2, -0.15) is 5.10 Å². The second-order valence-corrected chi connectivity index (χ2v) is 5.38. The monoisotopic (exact) mass is 269 g/mol. The molecule has 4 heteroatoms. The second-order valence-electron chi connectivity index (χ2n) is 5.38. The van der Waals surface area contributed by atoms with Crippen molar-refractivity contribution in [1.82, 2.24) is 15.5 Å². The quantitative estimate of drug-likeness (QED) is 0.899. The molecule has 2 aromatic rings. The highest BCUT2D eigenvalue weighted by atomic mass is 16.1. The average Bonchev–Trinajstić information content (AvgIpc) is 2.89.